The van der Waals surface area contributed by atoms with Gasteiger partial charge in [-0.25, -0.2) is 0 Å². The zero-order chi connectivity index (χ0) is 27.1. The zero-order valence-corrected chi connectivity index (χ0v) is 24.1. The molecule has 0 atom stereocenters. The third-order valence-electron chi connectivity index (χ3n) is 9.48. The summed E-state index contributed by atoms with van der Waals surface area (Å²) in [6, 6.07) is 13.5. The van der Waals surface area contributed by atoms with Crippen LogP contribution < -0.4 is 5.46 Å². The summed E-state index contributed by atoms with van der Waals surface area (Å²) in [6.45, 7) is 17.2. The van der Waals surface area contributed by atoms with Gasteiger partial charge in [0.05, 0.1) is 16.6 Å². The molecule has 1 aliphatic carbocycles. The lowest BCUT2D eigenvalue weighted by Gasteiger charge is -2.34. The minimum atomic E-state index is -0.446. The molecule has 1 saturated heterocycles. The molecule has 0 unspecified atom stereocenters. The van der Waals surface area contributed by atoms with E-state index in [0.29, 0.717) is 0 Å². The molecule has 196 valence electrons. The normalized spacial score (nSPS) is 19.9. The SMILES string of the molecule is CCC(CC)(c1ccc(C#CC2(C=O)CCCC2)c(C)c1)c1ccc(B2OC(C)(C)C(C)(C)O2)c(C)c1. The average molecular weight is 499 g/mol. The molecule has 1 heterocycles. The predicted octanol–water partition coefficient (Wildman–Crippen LogP) is 6.82. The van der Waals surface area contributed by atoms with Crippen LogP contribution in [-0.2, 0) is 19.5 Å². The molecule has 0 radical (unpaired) electrons. The summed E-state index contributed by atoms with van der Waals surface area (Å²) >= 11 is 0. The highest BCUT2D eigenvalue weighted by molar-refractivity contribution is 6.62. The Kier molecular flexibility index (Phi) is 7.55. The fraction of sp³-hybridized carbons (Fsp3) is 0.545. The maximum atomic E-state index is 11.7. The van der Waals surface area contributed by atoms with Crippen molar-refractivity contribution < 1.29 is 14.1 Å². The molecule has 37 heavy (non-hydrogen) atoms. The van der Waals surface area contributed by atoms with Crippen LogP contribution in [0.25, 0.3) is 0 Å². The minimum absolute atomic E-state index is 0.0919. The molecule has 2 aromatic carbocycles. The van der Waals surface area contributed by atoms with Crippen LogP contribution in [0.1, 0.15) is 108 Å². The monoisotopic (exact) mass is 498 g/mol. The van der Waals surface area contributed by atoms with E-state index in [-0.39, 0.29) is 23.7 Å². The van der Waals surface area contributed by atoms with Crippen molar-refractivity contribution in [3.8, 4) is 11.8 Å². The van der Waals surface area contributed by atoms with E-state index in [0.717, 1.165) is 55.8 Å². The van der Waals surface area contributed by atoms with Crippen molar-refractivity contribution in [3.63, 3.8) is 0 Å². The summed E-state index contributed by atoms with van der Waals surface area (Å²) < 4.78 is 12.7. The quantitative estimate of drug-likeness (QED) is 0.249. The largest absolute Gasteiger partial charge is 0.495 e. The van der Waals surface area contributed by atoms with Gasteiger partial charge in [-0.1, -0.05) is 74.4 Å². The Morgan fingerprint density at radius 3 is 1.92 bits per heavy atom. The molecule has 2 fully saturated rings. The molecular formula is C33H43BO3. The second kappa shape index (κ2) is 10.1. The summed E-state index contributed by atoms with van der Waals surface area (Å²) in [5, 5.41) is 0. The van der Waals surface area contributed by atoms with Gasteiger partial charge in [-0.3, -0.25) is 0 Å². The van der Waals surface area contributed by atoms with Crippen LogP contribution in [0.2, 0.25) is 0 Å². The molecule has 2 aromatic rings. The van der Waals surface area contributed by atoms with E-state index in [1.165, 1.54) is 22.3 Å². The van der Waals surface area contributed by atoms with Gasteiger partial charge in [0.25, 0.3) is 0 Å². The zero-order valence-electron chi connectivity index (χ0n) is 24.1. The Morgan fingerprint density at radius 1 is 0.892 bits per heavy atom. The van der Waals surface area contributed by atoms with Crippen LogP contribution in [-0.4, -0.2) is 24.6 Å². The van der Waals surface area contributed by atoms with Crippen LogP contribution in [0, 0.1) is 31.1 Å². The van der Waals surface area contributed by atoms with Crippen LogP contribution in [0.5, 0.6) is 0 Å². The van der Waals surface area contributed by atoms with Crippen LogP contribution in [0.15, 0.2) is 36.4 Å². The molecule has 1 aliphatic heterocycles. The molecule has 0 bridgehead atoms. The predicted molar refractivity (Wildman–Crippen MR) is 153 cm³/mol. The Labute approximate surface area is 224 Å². The Hall–Kier alpha value is -2.35. The van der Waals surface area contributed by atoms with E-state index in [1.54, 1.807) is 0 Å². The van der Waals surface area contributed by atoms with Gasteiger partial charge < -0.3 is 14.1 Å². The Bertz CT molecular complexity index is 1200. The highest BCUT2D eigenvalue weighted by Crippen LogP contribution is 2.41. The summed E-state index contributed by atoms with van der Waals surface area (Å²) in [4.78, 5) is 11.7. The maximum Gasteiger partial charge on any atom is 0.495 e. The number of rotatable bonds is 6. The van der Waals surface area contributed by atoms with Gasteiger partial charge in [0.2, 0.25) is 0 Å². The van der Waals surface area contributed by atoms with E-state index < -0.39 is 5.41 Å². The van der Waals surface area contributed by atoms with Crippen molar-refractivity contribution >= 4 is 18.9 Å². The molecule has 2 aliphatic rings. The first-order chi connectivity index (χ1) is 17.4. The fourth-order valence-electron chi connectivity index (χ4n) is 6.01. The molecule has 0 N–H and O–H groups in total. The Balaban J connectivity index is 1.66. The lowest BCUT2D eigenvalue weighted by molar-refractivity contribution is -0.113. The highest BCUT2D eigenvalue weighted by Gasteiger charge is 2.52. The highest BCUT2D eigenvalue weighted by atomic mass is 16.7. The lowest BCUT2D eigenvalue weighted by atomic mass is 9.68. The van der Waals surface area contributed by atoms with Gasteiger partial charge in [0, 0.05) is 11.0 Å². The molecule has 0 spiro atoms. The second-order valence-corrected chi connectivity index (χ2v) is 12.2. The standard InChI is InChI=1S/C33H43BO3/c1-9-33(10-2,27-14-13-26(24(3)21-27)17-20-32(23-35)18-11-12-19-32)28-15-16-29(25(4)22-28)34-36-30(5,6)31(7,8)37-34/h13-16,21-23H,9-12,18-19H2,1-8H3. The molecule has 3 nitrogen and oxygen atoms in total. The van der Waals surface area contributed by atoms with Crippen molar-refractivity contribution in [2.75, 3.05) is 0 Å². The lowest BCUT2D eigenvalue weighted by Crippen LogP contribution is -2.41. The van der Waals surface area contributed by atoms with Gasteiger partial charge in [-0.05, 0) is 95.4 Å². The fourth-order valence-corrected chi connectivity index (χ4v) is 6.01. The van der Waals surface area contributed by atoms with Gasteiger partial charge in [0.1, 0.15) is 6.29 Å². The van der Waals surface area contributed by atoms with E-state index in [9.17, 15) is 4.79 Å². The second-order valence-electron chi connectivity index (χ2n) is 12.2. The van der Waals surface area contributed by atoms with E-state index >= 15 is 0 Å². The minimum Gasteiger partial charge on any atom is -0.399 e. The first-order valence-electron chi connectivity index (χ1n) is 14.0. The van der Waals surface area contributed by atoms with Crippen LogP contribution >= 0.6 is 0 Å². The smallest absolute Gasteiger partial charge is 0.399 e. The van der Waals surface area contributed by atoms with Crippen molar-refractivity contribution in [2.24, 2.45) is 5.41 Å². The number of aryl methyl sites for hydroxylation is 2. The number of carbonyl (C=O) groups is 1. The number of hydrogen-bond donors (Lipinski definition) is 0. The summed E-state index contributed by atoms with van der Waals surface area (Å²) in [5.41, 5.74) is 5.86. The van der Waals surface area contributed by atoms with Crippen LogP contribution in [0.4, 0.5) is 0 Å². The van der Waals surface area contributed by atoms with Gasteiger partial charge in [0.15, 0.2) is 0 Å². The van der Waals surface area contributed by atoms with E-state index in [4.69, 9.17) is 9.31 Å². The first-order valence-corrected chi connectivity index (χ1v) is 14.0. The molecule has 1 saturated carbocycles. The number of hydrogen-bond acceptors (Lipinski definition) is 3. The number of aldehydes is 1. The topological polar surface area (TPSA) is 35.5 Å². The summed E-state index contributed by atoms with van der Waals surface area (Å²) in [6.07, 6.45) is 7.02. The first kappa shape index (κ1) is 27.7. The van der Waals surface area contributed by atoms with Crippen molar-refractivity contribution in [1.29, 1.82) is 0 Å². The molecule has 4 heteroatoms. The van der Waals surface area contributed by atoms with Crippen molar-refractivity contribution in [2.45, 2.75) is 111 Å². The summed E-state index contributed by atoms with van der Waals surface area (Å²) in [5.74, 6) is 6.68. The summed E-state index contributed by atoms with van der Waals surface area (Å²) in [7, 11) is -0.355. The Morgan fingerprint density at radius 2 is 1.43 bits per heavy atom. The molecule has 4 rings (SSSR count). The van der Waals surface area contributed by atoms with Crippen LogP contribution in [0.3, 0.4) is 0 Å². The van der Waals surface area contributed by atoms with Gasteiger partial charge in [-0.2, -0.15) is 0 Å². The third-order valence-corrected chi connectivity index (χ3v) is 9.48. The molecule has 0 aromatic heterocycles. The molecular weight excluding hydrogens is 455 g/mol. The maximum absolute atomic E-state index is 11.7. The van der Waals surface area contributed by atoms with E-state index in [1.807, 2.05) is 0 Å². The van der Waals surface area contributed by atoms with Crippen molar-refractivity contribution in [1.82, 2.24) is 0 Å². The van der Waals surface area contributed by atoms with Gasteiger partial charge in [-0.15, -0.1) is 0 Å². The number of carbonyl (C=O) groups excluding carboxylic acids is 1. The van der Waals surface area contributed by atoms with Crippen molar-refractivity contribution in [3.05, 3.63) is 64.2 Å². The third kappa shape index (κ3) is 4.94. The molecule has 0 amide bonds. The number of benzene rings is 2. The van der Waals surface area contributed by atoms with Gasteiger partial charge >= 0.3 is 7.12 Å². The average Bonchev–Trinajstić information content (AvgIpc) is 3.41. The van der Waals surface area contributed by atoms with E-state index in [2.05, 4.69) is 104 Å².